The Bertz CT molecular complexity index is 1690. The fourth-order valence-corrected chi connectivity index (χ4v) is 5.24. The average molecular weight is 471 g/mol. The number of fused-ring (bicyclic) bond motifs is 2. The van der Waals surface area contributed by atoms with Gasteiger partial charge in [0.05, 0.1) is 5.39 Å². The molecule has 1 unspecified atom stereocenters. The summed E-state index contributed by atoms with van der Waals surface area (Å²) in [6.45, 7) is 0. The molecule has 0 saturated heterocycles. The summed E-state index contributed by atoms with van der Waals surface area (Å²) in [7, 11) is 0. The Morgan fingerprint density at radius 2 is 1.39 bits per heavy atom. The number of aldehydes is 1. The Labute approximate surface area is 207 Å². The molecule has 174 valence electrons. The van der Waals surface area contributed by atoms with Crippen molar-refractivity contribution < 1.29 is 14.3 Å². The molecule has 0 spiro atoms. The lowest BCUT2D eigenvalue weighted by Gasteiger charge is -2.33. The monoisotopic (exact) mass is 470 g/mol. The van der Waals surface area contributed by atoms with Gasteiger partial charge in [-0.25, -0.2) is 4.79 Å². The van der Waals surface area contributed by atoms with Gasteiger partial charge >= 0.3 is 5.63 Å². The zero-order valence-electron chi connectivity index (χ0n) is 19.3. The molecule has 4 nitrogen and oxygen atoms in total. The minimum atomic E-state index is -1.49. The summed E-state index contributed by atoms with van der Waals surface area (Å²) in [5, 5.41) is 11.7. The van der Waals surface area contributed by atoms with Crippen LogP contribution in [-0.2, 0) is 16.6 Å². The van der Waals surface area contributed by atoms with Crippen LogP contribution < -0.4 is 5.63 Å². The highest BCUT2D eigenvalue weighted by molar-refractivity contribution is 5.92. The van der Waals surface area contributed by atoms with E-state index in [-0.39, 0.29) is 16.9 Å². The predicted molar refractivity (Wildman–Crippen MR) is 141 cm³/mol. The fraction of sp³-hybridized carbons (Fsp3) is 0.0625. The van der Waals surface area contributed by atoms with Crippen LogP contribution in [0.4, 0.5) is 0 Å². The molecule has 1 aliphatic rings. The highest BCUT2D eigenvalue weighted by Crippen LogP contribution is 2.45. The standard InChI is InChI=1S/C32H22O4/c33-20-32(29-30(34)26-11-5-7-13-28(26)36-31(29)35)19-25(18-24-10-4-6-12-27(24)32)23-16-14-22(15-17-23)21-8-2-1-3-9-21/h1-17,19-20,34H,18H2. The summed E-state index contributed by atoms with van der Waals surface area (Å²) < 4.78 is 5.57. The molecule has 1 aliphatic carbocycles. The van der Waals surface area contributed by atoms with Crippen LogP contribution >= 0.6 is 0 Å². The van der Waals surface area contributed by atoms with Crippen molar-refractivity contribution in [1.82, 2.24) is 0 Å². The van der Waals surface area contributed by atoms with Gasteiger partial charge in [-0.1, -0.05) is 97.1 Å². The molecule has 0 saturated carbocycles. The van der Waals surface area contributed by atoms with Gasteiger partial charge in [-0.05, 0) is 51.9 Å². The van der Waals surface area contributed by atoms with E-state index in [1.165, 1.54) is 0 Å². The van der Waals surface area contributed by atoms with Crippen LogP contribution in [-0.4, -0.2) is 11.4 Å². The minimum absolute atomic E-state index is 0.0678. The normalized spacial score (nSPS) is 16.8. The maximum atomic E-state index is 13.3. The molecule has 1 heterocycles. The summed E-state index contributed by atoms with van der Waals surface area (Å²) in [6, 6.07) is 32.6. The smallest absolute Gasteiger partial charge is 0.344 e. The molecule has 4 heteroatoms. The van der Waals surface area contributed by atoms with Crippen LogP contribution in [0.2, 0.25) is 0 Å². The third kappa shape index (κ3) is 3.38. The molecule has 1 aromatic heterocycles. The largest absolute Gasteiger partial charge is 0.507 e. The molecule has 0 aliphatic heterocycles. The first-order valence-corrected chi connectivity index (χ1v) is 11.8. The molecule has 1 atom stereocenters. The van der Waals surface area contributed by atoms with E-state index in [2.05, 4.69) is 24.3 Å². The molecular weight excluding hydrogens is 448 g/mol. The summed E-state index contributed by atoms with van der Waals surface area (Å²) in [6.07, 6.45) is 3.14. The predicted octanol–water partition coefficient (Wildman–Crippen LogP) is 6.29. The Hall–Kier alpha value is -4.70. The van der Waals surface area contributed by atoms with Gasteiger partial charge in [-0.15, -0.1) is 0 Å². The van der Waals surface area contributed by atoms with Gasteiger partial charge < -0.3 is 14.3 Å². The molecule has 4 aromatic carbocycles. The molecule has 1 N–H and O–H groups in total. The van der Waals surface area contributed by atoms with E-state index >= 15 is 0 Å². The Morgan fingerprint density at radius 3 is 2.17 bits per heavy atom. The number of rotatable bonds is 4. The number of benzene rings is 4. The van der Waals surface area contributed by atoms with Crippen LogP contribution in [0.15, 0.2) is 118 Å². The number of hydrogen-bond donors (Lipinski definition) is 1. The van der Waals surface area contributed by atoms with Crippen LogP contribution in [0.3, 0.4) is 0 Å². The van der Waals surface area contributed by atoms with Crippen molar-refractivity contribution in [1.29, 1.82) is 0 Å². The number of allylic oxidation sites excluding steroid dienone is 2. The Balaban J connectivity index is 1.57. The van der Waals surface area contributed by atoms with E-state index in [1.807, 2.05) is 54.6 Å². The van der Waals surface area contributed by atoms with Gasteiger partial charge in [-0.2, -0.15) is 0 Å². The van der Waals surface area contributed by atoms with Gasteiger partial charge in [0.2, 0.25) is 0 Å². The van der Waals surface area contributed by atoms with Gasteiger partial charge in [-0.3, -0.25) is 0 Å². The van der Waals surface area contributed by atoms with Crippen molar-refractivity contribution in [3.05, 3.63) is 142 Å². The van der Waals surface area contributed by atoms with Crippen LogP contribution in [0.5, 0.6) is 5.75 Å². The molecule has 36 heavy (non-hydrogen) atoms. The van der Waals surface area contributed by atoms with E-state index < -0.39 is 11.0 Å². The molecule has 6 rings (SSSR count). The van der Waals surface area contributed by atoms with Crippen molar-refractivity contribution in [2.24, 2.45) is 0 Å². The van der Waals surface area contributed by atoms with Gasteiger partial charge in [0.1, 0.15) is 28.6 Å². The van der Waals surface area contributed by atoms with Crippen molar-refractivity contribution >= 4 is 22.8 Å². The lowest BCUT2D eigenvalue weighted by Crippen LogP contribution is -2.36. The van der Waals surface area contributed by atoms with Crippen molar-refractivity contribution in [3.8, 4) is 16.9 Å². The number of para-hydroxylation sites is 1. The van der Waals surface area contributed by atoms with Crippen molar-refractivity contribution in [2.75, 3.05) is 0 Å². The molecule has 5 aromatic rings. The minimum Gasteiger partial charge on any atom is -0.507 e. The zero-order valence-corrected chi connectivity index (χ0v) is 19.3. The Kier molecular flexibility index (Phi) is 5.15. The highest BCUT2D eigenvalue weighted by atomic mass is 16.4. The Morgan fingerprint density at radius 1 is 0.750 bits per heavy atom. The maximum Gasteiger partial charge on any atom is 0.344 e. The second-order valence-electron chi connectivity index (χ2n) is 9.04. The summed E-state index contributed by atoms with van der Waals surface area (Å²) in [5.41, 5.74) is 3.62. The first kappa shape index (κ1) is 21.8. The highest BCUT2D eigenvalue weighted by Gasteiger charge is 2.42. The lowest BCUT2D eigenvalue weighted by molar-refractivity contribution is -0.110. The maximum absolute atomic E-state index is 13.3. The quantitative estimate of drug-likeness (QED) is 0.248. The van der Waals surface area contributed by atoms with E-state index in [4.69, 9.17) is 4.42 Å². The molecular formula is C32H22O4. The van der Waals surface area contributed by atoms with E-state index in [9.17, 15) is 14.7 Å². The van der Waals surface area contributed by atoms with Crippen molar-refractivity contribution in [3.63, 3.8) is 0 Å². The van der Waals surface area contributed by atoms with E-state index in [0.717, 1.165) is 34.1 Å². The number of carbonyl (C=O) groups is 1. The topological polar surface area (TPSA) is 67.5 Å². The number of carbonyl (C=O) groups excluding carboxylic acids is 1. The second-order valence-corrected chi connectivity index (χ2v) is 9.04. The average Bonchev–Trinajstić information content (AvgIpc) is 2.93. The van der Waals surface area contributed by atoms with E-state index in [0.29, 0.717) is 17.4 Å². The SMILES string of the molecule is O=CC1(c2c(O)c3ccccc3oc2=O)C=C(c2ccc(-c3ccccc3)cc2)Cc2ccccc21. The molecule has 0 amide bonds. The van der Waals surface area contributed by atoms with Crippen LogP contribution in [0.1, 0.15) is 22.3 Å². The number of aromatic hydroxyl groups is 1. The van der Waals surface area contributed by atoms with E-state index in [1.54, 1.807) is 30.3 Å². The van der Waals surface area contributed by atoms with Crippen molar-refractivity contribution in [2.45, 2.75) is 11.8 Å². The first-order valence-electron chi connectivity index (χ1n) is 11.8. The van der Waals surface area contributed by atoms with Crippen LogP contribution in [0, 0.1) is 0 Å². The molecule has 0 radical (unpaired) electrons. The third-order valence-electron chi connectivity index (χ3n) is 6.99. The molecule has 0 fully saturated rings. The fourth-order valence-electron chi connectivity index (χ4n) is 5.24. The van der Waals surface area contributed by atoms with Gasteiger partial charge in [0, 0.05) is 0 Å². The summed E-state index contributed by atoms with van der Waals surface area (Å²) in [4.78, 5) is 26.2. The second kappa shape index (κ2) is 8.51. The summed E-state index contributed by atoms with van der Waals surface area (Å²) >= 11 is 0. The van der Waals surface area contributed by atoms with Gasteiger partial charge in [0.25, 0.3) is 0 Å². The molecule has 0 bridgehead atoms. The van der Waals surface area contributed by atoms with Gasteiger partial charge in [0.15, 0.2) is 0 Å². The number of hydrogen-bond acceptors (Lipinski definition) is 4. The lowest BCUT2D eigenvalue weighted by atomic mass is 9.68. The zero-order chi connectivity index (χ0) is 24.7. The first-order chi connectivity index (χ1) is 17.6. The third-order valence-corrected chi connectivity index (χ3v) is 6.99. The summed E-state index contributed by atoms with van der Waals surface area (Å²) in [5.74, 6) is -0.235. The van der Waals surface area contributed by atoms with Crippen LogP contribution in [0.25, 0.3) is 27.7 Å².